The minimum atomic E-state index is -0.719. The zero-order valence-electron chi connectivity index (χ0n) is 11.8. The van der Waals surface area contributed by atoms with Crippen molar-refractivity contribution in [2.45, 2.75) is 26.4 Å². The summed E-state index contributed by atoms with van der Waals surface area (Å²) >= 11 is 0. The fraction of sp³-hybridized carbons (Fsp3) is 0.294. The average Bonchev–Trinajstić information content (AvgIpc) is 2.48. The molecule has 1 atom stereocenters. The summed E-state index contributed by atoms with van der Waals surface area (Å²) in [5, 5.41) is 10.1. The van der Waals surface area contributed by atoms with E-state index in [4.69, 9.17) is 4.74 Å². The molecule has 2 rings (SSSR count). The third kappa shape index (κ3) is 3.58. The molecule has 3 heteroatoms. The molecule has 1 N–H and O–H groups in total. The van der Waals surface area contributed by atoms with Gasteiger partial charge < -0.3 is 9.84 Å². The van der Waals surface area contributed by atoms with E-state index in [1.165, 1.54) is 17.7 Å². The van der Waals surface area contributed by atoms with E-state index in [0.717, 1.165) is 17.5 Å². The van der Waals surface area contributed by atoms with Crippen LogP contribution in [0.3, 0.4) is 0 Å². The topological polar surface area (TPSA) is 29.5 Å². The Morgan fingerprint density at radius 2 is 1.85 bits per heavy atom. The maximum absolute atomic E-state index is 13.1. The summed E-state index contributed by atoms with van der Waals surface area (Å²) < 4.78 is 18.6. The summed E-state index contributed by atoms with van der Waals surface area (Å²) in [4.78, 5) is 0. The molecule has 0 amide bonds. The van der Waals surface area contributed by atoms with Crippen LogP contribution in [0.5, 0.6) is 5.75 Å². The Kier molecular flexibility index (Phi) is 4.74. The summed E-state index contributed by atoms with van der Waals surface area (Å²) in [5.74, 6) is 0.126. The molecule has 2 aromatic carbocycles. The van der Waals surface area contributed by atoms with Gasteiger partial charge >= 0.3 is 0 Å². The first-order valence-electron chi connectivity index (χ1n) is 6.76. The van der Waals surface area contributed by atoms with Crippen LogP contribution in [0.4, 0.5) is 4.39 Å². The molecular formula is C17H19FO2. The number of benzene rings is 2. The Balaban J connectivity index is 2.00. The quantitative estimate of drug-likeness (QED) is 0.898. The van der Waals surface area contributed by atoms with Crippen molar-refractivity contribution in [3.63, 3.8) is 0 Å². The van der Waals surface area contributed by atoms with Crippen molar-refractivity contribution in [1.82, 2.24) is 0 Å². The molecule has 0 radical (unpaired) electrons. The van der Waals surface area contributed by atoms with Crippen LogP contribution >= 0.6 is 0 Å². The zero-order chi connectivity index (χ0) is 14.5. The van der Waals surface area contributed by atoms with Crippen LogP contribution in [0, 0.1) is 12.7 Å². The van der Waals surface area contributed by atoms with Crippen LogP contribution in [-0.4, -0.2) is 11.7 Å². The third-order valence-electron chi connectivity index (χ3n) is 3.32. The SMILES string of the molecule is CCc1ccc(C(O)COc2cc(F)ccc2C)cc1. The number of aliphatic hydroxyl groups excluding tert-OH is 1. The van der Waals surface area contributed by atoms with E-state index in [2.05, 4.69) is 6.92 Å². The van der Waals surface area contributed by atoms with Crippen molar-refractivity contribution in [3.05, 3.63) is 65.0 Å². The van der Waals surface area contributed by atoms with Crippen LogP contribution in [0.1, 0.15) is 29.7 Å². The molecule has 0 aliphatic rings. The minimum Gasteiger partial charge on any atom is -0.490 e. The second-order valence-electron chi connectivity index (χ2n) is 4.83. The molecule has 1 unspecified atom stereocenters. The van der Waals surface area contributed by atoms with Gasteiger partial charge in [0.1, 0.15) is 24.3 Å². The summed E-state index contributed by atoms with van der Waals surface area (Å²) in [5.41, 5.74) is 2.87. The Morgan fingerprint density at radius 1 is 1.15 bits per heavy atom. The van der Waals surface area contributed by atoms with Crippen molar-refractivity contribution in [1.29, 1.82) is 0 Å². The molecule has 0 fully saturated rings. The fourth-order valence-electron chi connectivity index (χ4n) is 1.97. The van der Waals surface area contributed by atoms with Crippen molar-refractivity contribution >= 4 is 0 Å². The van der Waals surface area contributed by atoms with Gasteiger partial charge in [0.15, 0.2) is 0 Å². The number of aliphatic hydroxyl groups is 1. The first kappa shape index (κ1) is 14.5. The van der Waals surface area contributed by atoms with Gasteiger partial charge in [-0.05, 0) is 36.1 Å². The van der Waals surface area contributed by atoms with E-state index in [1.54, 1.807) is 6.07 Å². The highest BCUT2D eigenvalue weighted by Gasteiger charge is 2.10. The van der Waals surface area contributed by atoms with Crippen LogP contribution in [-0.2, 0) is 6.42 Å². The maximum atomic E-state index is 13.1. The van der Waals surface area contributed by atoms with Gasteiger partial charge in [0.25, 0.3) is 0 Å². The second kappa shape index (κ2) is 6.53. The van der Waals surface area contributed by atoms with Crippen LogP contribution in [0.25, 0.3) is 0 Å². The number of rotatable bonds is 5. The second-order valence-corrected chi connectivity index (χ2v) is 4.83. The lowest BCUT2D eigenvalue weighted by atomic mass is 10.1. The Morgan fingerprint density at radius 3 is 2.50 bits per heavy atom. The molecule has 2 aromatic rings. The van der Waals surface area contributed by atoms with E-state index >= 15 is 0 Å². The van der Waals surface area contributed by atoms with Crippen molar-refractivity contribution in [3.8, 4) is 5.75 Å². The molecule has 106 valence electrons. The average molecular weight is 274 g/mol. The summed E-state index contributed by atoms with van der Waals surface area (Å²) in [6.45, 7) is 4.04. The lowest BCUT2D eigenvalue weighted by Gasteiger charge is -2.14. The zero-order valence-corrected chi connectivity index (χ0v) is 11.8. The summed E-state index contributed by atoms with van der Waals surface area (Å²) in [7, 11) is 0. The first-order chi connectivity index (χ1) is 9.60. The molecule has 0 aliphatic heterocycles. The van der Waals surface area contributed by atoms with Crippen LogP contribution in [0.2, 0.25) is 0 Å². The Labute approximate surface area is 118 Å². The molecular weight excluding hydrogens is 255 g/mol. The predicted octanol–water partition coefficient (Wildman–Crippen LogP) is 3.81. The van der Waals surface area contributed by atoms with E-state index < -0.39 is 6.10 Å². The molecule has 0 aliphatic carbocycles. The number of aryl methyl sites for hydroxylation is 2. The third-order valence-corrected chi connectivity index (χ3v) is 3.32. The van der Waals surface area contributed by atoms with Crippen LogP contribution < -0.4 is 4.74 Å². The molecule has 0 bridgehead atoms. The van der Waals surface area contributed by atoms with Gasteiger partial charge in [0, 0.05) is 6.07 Å². The number of ether oxygens (including phenoxy) is 1. The highest BCUT2D eigenvalue weighted by molar-refractivity contribution is 5.33. The van der Waals surface area contributed by atoms with Gasteiger partial charge in [-0.3, -0.25) is 0 Å². The lowest BCUT2D eigenvalue weighted by molar-refractivity contribution is 0.107. The van der Waals surface area contributed by atoms with E-state index in [9.17, 15) is 9.50 Å². The van der Waals surface area contributed by atoms with Crippen molar-refractivity contribution in [2.75, 3.05) is 6.61 Å². The maximum Gasteiger partial charge on any atom is 0.126 e. The van der Waals surface area contributed by atoms with E-state index in [1.807, 2.05) is 31.2 Å². The molecule has 0 saturated heterocycles. The molecule has 20 heavy (non-hydrogen) atoms. The summed E-state index contributed by atoms with van der Waals surface area (Å²) in [6.07, 6.45) is 0.249. The highest BCUT2D eigenvalue weighted by atomic mass is 19.1. The molecule has 2 nitrogen and oxygen atoms in total. The smallest absolute Gasteiger partial charge is 0.126 e. The van der Waals surface area contributed by atoms with E-state index in [-0.39, 0.29) is 12.4 Å². The minimum absolute atomic E-state index is 0.107. The number of halogens is 1. The Bertz CT molecular complexity index is 564. The molecule has 0 spiro atoms. The van der Waals surface area contributed by atoms with Gasteiger partial charge in [-0.1, -0.05) is 37.3 Å². The van der Waals surface area contributed by atoms with Crippen LogP contribution in [0.15, 0.2) is 42.5 Å². The standard InChI is InChI=1S/C17H19FO2/c1-3-13-5-7-14(8-6-13)16(19)11-20-17-10-15(18)9-4-12(17)2/h4-10,16,19H,3,11H2,1-2H3. The number of hydrogen-bond donors (Lipinski definition) is 1. The largest absolute Gasteiger partial charge is 0.490 e. The molecule has 0 saturated carbocycles. The van der Waals surface area contributed by atoms with Crippen molar-refractivity contribution in [2.24, 2.45) is 0 Å². The van der Waals surface area contributed by atoms with Gasteiger partial charge in [0.05, 0.1) is 0 Å². The first-order valence-corrected chi connectivity index (χ1v) is 6.76. The van der Waals surface area contributed by atoms with Gasteiger partial charge in [-0.2, -0.15) is 0 Å². The van der Waals surface area contributed by atoms with Gasteiger partial charge in [-0.15, -0.1) is 0 Å². The number of hydrogen-bond acceptors (Lipinski definition) is 2. The molecule has 0 heterocycles. The van der Waals surface area contributed by atoms with Gasteiger partial charge in [-0.25, -0.2) is 4.39 Å². The normalized spacial score (nSPS) is 12.2. The molecule has 0 aromatic heterocycles. The monoisotopic (exact) mass is 274 g/mol. The van der Waals surface area contributed by atoms with Crippen molar-refractivity contribution < 1.29 is 14.2 Å². The fourth-order valence-corrected chi connectivity index (χ4v) is 1.97. The van der Waals surface area contributed by atoms with E-state index in [0.29, 0.717) is 5.75 Å². The van der Waals surface area contributed by atoms with Gasteiger partial charge in [0.2, 0.25) is 0 Å². The highest BCUT2D eigenvalue weighted by Crippen LogP contribution is 2.21. The predicted molar refractivity (Wildman–Crippen MR) is 77.4 cm³/mol. The summed E-state index contributed by atoms with van der Waals surface area (Å²) in [6, 6.07) is 12.2. The lowest BCUT2D eigenvalue weighted by Crippen LogP contribution is -2.10. The Hall–Kier alpha value is -1.87.